The molecule has 0 aliphatic heterocycles. The van der Waals surface area contributed by atoms with Gasteiger partial charge in [0.2, 0.25) is 0 Å². The van der Waals surface area contributed by atoms with Crippen LogP contribution in [-0.4, -0.2) is 19.1 Å². The van der Waals surface area contributed by atoms with Gasteiger partial charge < -0.3 is 10.1 Å². The second-order valence-corrected chi connectivity index (χ2v) is 5.90. The summed E-state index contributed by atoms with van der Waals surface area (Å²) in [7, 11) is 1.28. The molecule has 0 amide bonds. The highest BCUT2D eigenvalue weighted by molar-refractivity contribution is 9.10. The number of alkyl halides is 3. The highest BCUT2D eigenvalue weighted by Crippen LogP contribution is 2.34. The van der Waals surface area contributed by atoms with Crippen LogP contribution in [0.1, 0.15) is 25.8 Å². The van der Waals surface area contributed by atoms with Gasteiger partial charge in [0.1, 0.15) is 6.04 Å². The first kappa shape index (κ1) is 17.8. The Kier molecular flexibility index (Phi) is 6.07. The Bertz CT molecular complexity index is 503. The molecule has 0 heterocycles. The standard InChI is InChI=1S/C14H17BrF3NO2/c1-8(2)6-12(13(20)21-3)19-11-5-4-9(7-10(11)15)14(16,17)18/h4-5,7-8,12,19H,6H2,1-3H3. The molecule has 3 nitrogen and oxygen atoms in total. The molecular formula is C14H17BrF3NO2. The summed E-state index contributed by atoms with van der Waals surface area (Å²) in [6.45, 7) is 3.89. The molecule has 21 heavy (non-hydrogen) atoms. The maximum atomic E-state index is 12.6. The first-order valence-electron chi connectivity index (χ1n) is 6.36. The molecule has 0 bridgehead atoms. The average Bonchev–Trinajstić information content (AvgIpc) is 2.37. The van der Waals surface area contributed by atoms with Gasteiger partial charge in [-0.2, -0.15) is 13.2 Å². The van der Waals surface area contributed by atoms with Crippen LogP contribution in [0.25, 0.3) is 0 Å². The van der Waals surface area contributed by atoms with Gasteiger partial charge in [-0.15, -0.1) is 0 Å². The van der Waals surface area contributed by atoms with Crippen LogP contribution in [-0.2, 0) is 15.7 Å². The number of methoxy groups -OCH3 is 1. The first-order chi connectivity index (χ1) is 9.65. The minimum Gasteiger partial charge on any atom is -0.467 e. The molecule has 1 unspecified atom stereocenters. The molecule has 0 saturated carbocycles. The summed E-state index contributed by atoms with van der Waals surface area (Å²) in [5.74, 6) is -0.217. The number of esters is 1. The fourth-order valence-corrected chi connectivity index (χ4v) is 2.32. The van der Waals surface area contributed by atoms with E-state index in [2.05, 4.69) is 21.2 Å². The summed E-state index contributed by atoms with van der Waals surface area (Å²) in [4.78, 5) is 11.7. The quantitative estimate of drug-likeness (QED) is 0.780. The van der Waals surface area contributed by atoms with Gasteiger partial charge in [-0.25, -0.2) is 4.79 Å². The molecule has 118 valence electrons. The second kappa shape index (κ2) is 7.15. The maximum Gasteiger partial charge on any atom is 0.416 e. The number of nitrogens with one attached hydrogen (secondary N) is 1. The summed E-state index contributed by atoms with van der Waals surface area (Å²) in [5.41, 5.74) is -0.336. The van der Waals surface area contributed by atoms with Gasteiger partial charge in [0, 0.05) is 10.2 Å². The Balaban J connectivity index is 2.97. The van der Waals surface area contributed by atoms with E-state index in [1.807, 2.05) is 13.8 Å². The van der Waals surface area contributed by atoms with E-state index in [1.165, 1.54) is 13.2 Å². The lowest BCUT2D eigenvalue weighted by molar-refractivity contribution is -0.142. The molecule has 1 atom stereocenters. The van der Waals surface area contributed by atoms with Crippen LogP contribution in [0.4, 0.5) is 18.9 Å². The van der Waals surface area contributed by atoms with Gasteiger partial charge in [-0.05, 0) is 46.5 Å². The average molecular weight is 368 g/mol. The van der Waals surface area contributed by atoms with Crippen molar-refractivity contribution in [2.75, 3.05) is 12.4 Å². The van der Waals surface area contributed by atoms with Gasteiger partial charge in [0.25, 0.3) is 0 Å². The van der Waals surface area contributed by atoms with Crippen molar-refractivity contribution in [1.29, 1.82) is 0 Å². The van der Waals surface area contributed by atoms with Gasteiger partial charge in [0.05, 0.1) is 12.7 Å². The van der Waals surface area contributed by atoms with E-state index < -0.39 is 23.8 Å². The minimum absolute atomic E-state index is 0.231. The molecule has 1 rings (SSSR count). The van der Waals surface area contributed by atoms with Crippen molar-refractivity contribution in [1.82, 2.24) is 0 Å². The van der Waals surface area contributed by atoms with E-state index in [9.17, 15) is 18.0 Å². The van der Waals surface area contributed by atoms with E-state index in [4.69, 9.17) is 4.74 Å². The number of carbonyl (C=O) groups is 1. The minimum atomic E-state index is -4.40. The van der Waals surface area contributed by atoms with Crippen molar-refractivity contribution < 1.29 is 22.7 Å². The van der Waals surface area contributed by atoms with Crippen molar-refractivity contribution in [3.63, 3.8) is 0 Å². The summed E-state index contributed by atoms with van der Waals surface area (Å²) in [6, 6.07) is 2.63. The lowest BCUT2D eigenvalue weighted by Crippen LogP contribution is -2.32. The monoisotopic (exact) mass is 367 g/mol. The third kappa shape index (κ3) is 5.22. The largest absolute Gasteiger partial charge is 0.467 e. The predicted octanol–water partition coefficient (Wildman–Crippen LogP) is 4.47. The van der Waals surface area contributed by atoms with Crippen LogP contribution in [0.15, 0.2) is 22.7 Å². The van der Waals surface area contributed by atoms with Crippen LogP contribution in [0, 0.1) is 5.92 Å². The Morgan fingerprint density at radius 3 is 2.43 bits per heavy atom. The zero-order valence-electron chi connectivity index (χ0n) is 11.9. The number of halogens is 4. The molecule has 0 aliphatic carbocycles. The van der Waals surface area contributed by atoms with Crippen molar-refractivity contribution in [3.05, 3.63) is 28.2 Å². The van der Waals surface area contributed by atoms with Crippen molar-refractivity contribution in [2.24, 2.45) is 5.92 Å². The van der Waals surface area contributed by atoms with Crippen molar-refractivity contribution >= 4 is 27.6 Å². The molecule has 1 aromatic carbocycles. The lowest BCUT2D eigenvalue weighted by Gasteiger charge is -2.20. The second-order valence-electron chi connectivity index (χ2n) is 5.04. The number of anilines is 1. The van der Waals surface area contributed by atoms with E-state index in [1.54, 1.807) is 0 Å². The summed E-state index contributed by atoms with van der Waals surface area (Å²) >= 11 is 3.09. The summed E-state index contributed by atoms with van der Waals surface area (Å²) in [6.07, 6.45) is -3.89. The van der Waals surface area contributed by atoms with Crippen molar-refractivity contribution in [3.8, 4) is 0 Å². The summed E-state index contributed by atoms with van der Waals surface area (Å²) in [5, 5.41) is 2.92. The number of hydrogen-bond acceptors (Lipinski definition) is 3. The zero-order chi connectivity index (χ0) is 16.2. The Morgan fingerprint density at radius 2 is 2.00 bits per heavy atom. The molecule has 7 heteroatoms. The van der Waals surface area contributed by atoms with Crippen LogP contribution in [0.5, 0.6) is 0 Å². The van der Waals surface area contributed by atoms with Gasteiger partial charge in [-0.1, -0.05) is 13.8 Å². The predicted molar refractivity (Wildman–Crippen MR) is 78.0 cm³/mol. The number of ether oxygens (including phenoxy) is 1. The Morgan fingerprint density at radius 1 is 1.38 bits per heavy atom. The van der Waals surface area contributed by atoms with Crippen LogP contribution >= 0.6 is 15.9 Å². The van der Waals surface area contributed by atoms with Gasteiger partial charge in [0.15, 0.2) is 0 Å². The Hall–Kier alpha value is -1.24. The first-order valence-corrected chi connectivity index (χ1v) is 7.15. The summed E-state index contributed by atoms with van der Waals surface area (Å²) < 4.78 is 42.8. The molecule has 1 N–H and O–H groups in total. The topological polar surface area (TPSA) is 38.3 Å². The zero-order valence-corrected chi connectivity index (χ0v) is 13.5. The fourth-order valence-electron chi connectivity index (χ4n) is 1.82. The van der Waals surface area contributed by atoms with Gasteiger partial charge in [-0.3, -0.25) is 0 Å². The van der Waals surface area contributed by atoms with Crippen LogP contribution < -0.4 is 5.32 Å². The molecule has 0 radical (unpaired) electrons. The smallest absolute Gasteiger partial charge is 0.416 e. The van der Waals surface area contributed by atoms with E-state index in [-0.39, 0.29) is 10.4 Å². The molecule has 0 spiro atoms. The number of rotatable bonds is 5. The number of benzene rings is 1. The van der Waals surface area contributed by atoms with E-state index in [0.29, 0.717) is 12.1 Å². The van der Waals surface area contributed by atoms with E-state index >= 15 is 0 Å². The number of hydrogen-bond donors (Lipinski definition) is 1. The van der Waals surface area contributed by atoms with E-state index in [0.717, 1.165) is 12.1 Å². The highest BCUT2D eigenvalue weighted by atomic mass is 79.9. The lowest BCUT2D eigenvalue weighted by atomic mass is 10.0. The molecule has 0 aliphatic rings. The third-order valence-electron chi connectivity index (χ3n) is 2.82. The van der Waals surface area contributed by atoms with Gasteiger partial charge >= 0.3 is 12.1 Å². The number of carbonyl (C=O) groups excluding carboxylic acids is 1. The highest BCUT2D eigenvalue weighted by Gasteiger charge is 2.31. The molecule has 0 saturated heterocycles. The van der Waals surface area contributed by atoms with Crippen molar-refractivity contribution in [2.45, 2.75) is 32.5 Å². The fraction of sp³-hybridized carbons (Fsp3) is 0.500. The molecular weight excluding hydrogens is 351 g/mol. The molecule has 0 aromatic heterocycles. The van der Waals surface area contributed by atoms with Crippen LogP contribution in [0.3, 0.4) is 0 Å². The normalized spacial score (nSPS) is 13.1. The SMILES string of the molecule is COC(=O)C(CC(C)C)Nc1ccc(C(F)(F)F)cc1Br. The van der Waals surface area contributed by atoms with Crippen LogP contribution in [0.2, 0.25) is 0 Å². The molecule has 0 fully saturated rings. The Labute approximate surface area is 130 Å². The third-order valence-corrected chi connectivity index (χ3v) is 3.48. The maximum absolute atomic E-state index is 12.6. The molecule has 1 aromatic rings.